The average Bonchev–Trinajstić information content (AvgIpc) is 3.07. The van der Waals surface area contributed by atoms with Gasteiger partial charge in [0.2, 0.25) is 5.91 Å². The van der Waals surface area contributed by atoms with E-state index < -0.39 is 6.04 Å². The summed E-state index contributed by atoms with van der Waals surface area (Å²) in [5.41, 5.74) is 4.96. The molecule has 0 spiro atoms. The number of carbonyl (C=O) groups is 2. The summed E-state index contributed by atoms with van der Waals surface area (Å²) in [5.74, 6) is 0.322. The van der Waals surface area contributed by atoms with Gasteiger partial charge in [-0.05, 0) is 67.0 Å². The Morgan fingerprint density at radius 3 is 2.79 bits per heavy atom. The largest absolute Gasteiger partial charge is 0.506 e. The molecule has 0 radical (unpaired) electrons. The highest BCUT2D eigenvalue weighted by molar-refractivity contribution is 6.29. The van der Waals surface area contributed by atoms with Gasteiger partial charge in [0.15, 0.2) is 0 Å². The number of pyridine rings is 1. The summed E-state index contributed by atoms with van der Waals surface area (Å²) >= 11 is 6.14. The van der Waals surface area contributed by atoms with Gasteiger partial charge in [-0.2, -0.15) is 0 Å². The number of halogens is 1. The van der Waals surface area contributed by atoms with E-state index in [1.165, 1.54) is 24.3 Å². The number of aromatic hydroxyl groups is 1. The van der Waals surface area contributed by atoms with Gasteiger partial charge in [0, 0.05) is 45.0 Å². The van der Waals surface area contributed by atoms with E-state index in [0.29, 0.717) is 60.5 Å². The van der Waals surface area contributed by atoms with Crippen molar-refractivity contribution in [2.45, 2.75) is 50.5 Å². The minimum absolute atomic E-state index is 0.160. The number of carbonyl (C=O) groups excluding carboxylic acids is 2. The number of anilines is 2. The first kappa shape index (κ1) is 26.1. The molecule has 1 aromatic carbocycles. The quantitative estimate of drug-likeness (QED) is 0.383. The number of rotatable bonds is 4. The van der Waals surface area contributed by atoms with Crippen molar-refractivity contribution in [2.75, 3.05) is 36.9 Å². The minimum atomic E-state index is -0.413. The highest BCUT2D eigenvalue weighted by Crippen LogP contribution is 2.41. The molecule has 3 N–H and O–H groups in total. The Morgan fingerprint density at radius 1 is 1.26 bits per heavy atom. The van der Waals surface area contributed by atoms with E-state index >= 15 is 0 Å². The molecule has 200 valence electrons. The summed E-state index contributed by atoms with van der Waals surface area (Å²) in [7, 11) is 1.96. The van der Waals surface area contributed by atoms with Crippen LogP contribution in [-0.4, -0.2) is 59.5 Å². The number of fused-ring (bicyclic) bond motifs is 2. The number of aromatic nitrogens is 1. The van der Waals surface area contributed by atoms with Crippen LogP contribution in [0.5, 0.6) is 5.75 Å². The van der Waals surface area contributed by atoms with E-state index in [1.54, 1.807) is 11.0 Å². The number of phenols is 1. The maximum absolute atomic E-state index is 13.4. The lowest BCUT2D eigenvalue weighted by Gasteiger charge is -2.33. The molecule has 1 unspecified atom stereocenters. The fraction of sp³-hybridized carbons (Fsp3) is 0.414. The predicted molar refractivity (Wildman–Crippen MR) is 150 cm³/mol. The summed E-state index contributed by atoms with van der Waals surface area (Å²) in [6.07, 6.45) is 8.45. The van der Waals surface area contributed by atoms with E-state index in [4.69, 9.17) is 11.6 Å². The summed E-state index contributed by atoms with van der Waals surface area (Å²) in [6.45, 7) is 5.11. The number of hydrogen-bond acceptors (Lipinski definition) is 6. The summed E-state index contributed by atoms with van der Waals surface area (Å²) in [6, 6.07) is 7.23. The molecule has 1 atom stereocenters. The molecular weight excluding hydrogens is 502 g/mol. The highest BCUT2D eigenvalue weighted by Gasteiger charge is 2.31. The van der Waals surface area contributed by atoms with Gasteiger partial charge in [-0.3, -0.25) is 9.59 Å². The van der Waals surface area contributed by atoms with Crippen molar-refractivity contribution >= 4 is 34.8 Å². The van der Waals surface area contributed by atoms with Crippen molar-refractivity contribution < 1.29 is 14.7 Å². The monoisotopic (exact) mass is 535 g/mol. The van der Waals surface area contributed by atoms with Crippen molar-refractivity contribution in [1.29, 1.82) is 0 Å². The molecule has 1 aliphatic carbocycles. The zero-order valence-corrected chi connectivity index (χ0v) is 22.4. The summed E-state index contributed by atoms with van der Waals surface area (Å²) in [5, 5.41) is 17.9. The second kappa shape index (κ2) is 11.1. The van der Waals surface area contributed by atoms with Gasteiger partial charge in [-0.15, -0.1) is 0 Å². The maximum atomic E-state index is 13.4. The van der Waals surface area contributed by atoms with Crippen molar-refractivity contribution in [2.24, 2.45) is 0 Å². The molecule has 2 amide bonds. The van der Waals surface area contributed by atoms with Crippen LogP contribution in [0.25, 0.3) is 0 Å². The predicted octanol–water partition coefficient (Wildman–Crippen LogP) is 4.82. The first-order valence-electron chi connectivity index (χ1n) is 13.3. The van der Waals surface area contributed by atoms with Gasteiger partial charge in [-0.25, -0.2) is 4.98 Å². The van der Waals surface area contributed by atoms with E-state index in [9.17, 15) is 14.7 Å². The van der Waals surface area contributed by atoms with Gasteiger partial charge < -0.3 is 25.5 Å². The number of phenolic OH excluding ortho intramolecular Hbond substituents is 1. The van der Waals surface area contributed by atoms with Gasteiger partial charge >= 0.3 is 0 Å². The van der Waals surface area contributed by atoms with E-state index in [-0.39, 0.29) is 17.6 Å². The molecule has 2 fully saturated rings. The molecule has 3 aliphatic rings. The lowest BCUT2D eigenvalue weighted by Crippen LogP contribution is -2.46. The third-order valence-electron chi connectivity index (χ3n) is 7.99. The average molecular weight is 536 g/mol. The number of likely N-dealkylation sites (tertiary alicyclic amines) is 1. The lowest BCUT2D eigenvalue weighted by atomic mass is 9.80. The van der Waals surface area contributed by atoms with E-state index in [2.05, 4.69) is 28.3 Å². The Kier molecular flexibility index (Phi) is 7.61. The molecule has 0 bridgehead atoms. The number of hydrogen-bond donors (Lipinski definition) is 3. The lowest BCUT2D eigenvalue weighted by molar-refractivity contribution is -0.126. The number of amides is 2. The van der Waals surface area contributed by atoms with Crippen LogP contribution in [0.1, 0.15) is 60.4 Å². The van der Waals surface area contributed by atoms with E-state index in [1.807, 2.05) is 24.1 Å². The first-order valence-corrected chi connectivity index (χ1v) is 13.6. The standard InChI is InChI=1S/C29H34ClN5O3/c1-3-28(37)35-13-5-8-20-23(17-35)33-29(38)21-16-32-27(30)15-22(21)31-12-11-24(20)34(2)25-10-9-19(14-26(25)36)18-6-4-7-18/h3,9-10,14-16,18,23,31,36H,1,4-8,11-13,17H2,2H3,(H,33,38)/b24-20+. The van der Waals surface area contributed by atoms with Crippen LogP contribution >= 0.6 is 11.6 Å². The van der Waals surface area contributed by atoms with Crippen LogP contribution in [0.2, 0.25) is 5.15 Å². The van der Waals surface area contributed by atoms with Crippen LogP contribution in [0.3, 0.4) is 0 Å². The Morgan fingerprint density at radius 2 is 2.08 bits per heavy atom. The van der Waals surface area contributed by atoms with Crippen molar-refractivity contribution in [3.63, 3.8) is 0 Å². The van der Waals surface area contributed by atoms with E-state index in [0.717, 1.165) is 30.5 Å². The van der Waals surface area contributed by atoms with Crippen LogP contribution < -0.4 is 15.5 Å². The molecule has 2 aliphatic heterocycles. The van der Waals surface area contributed by atoms with Crippen LogP contribution in [0.4, 0.5) is 11.4 Å². The molecule has 9 heteroatoms. The number of nitrogens with zero attached hydrogens (tertiary/aromatic N) is 3. The smallest absolute Gasteiger partial charge is 0.255 e. The zero-order chi connectivity index (χ0) is 26.8. The fourth-order valence-electron chi connectivity index (χ4n) is 5.68. The number of benzene rings is 1. The van der Waals surface area contributed by atoms with Gasteiger partial charge in [0.25, 0.3) is 5.91 Å². The van der Waals surface area contributed by atoms with Crippen molar-refractivity contribution in [3.8, 4) is 5.75 Å². The van der Waals surface area contributed by atoms with Gasteiger partial charge in [-0.1, -0.05) is 30.7 Å². The second-order valence-electron chi connectivity index (χ2n) is 10.3. The molecule has 1 saturated heterocycles. The Hall–Kier alpha value is -3.52. The summed E-state index contributed by atoms with van der Waals surface area (Å²) < 4.78 is 0. The molecule has 8 nitrogen and oxygen atoms in total. The molecule has 1 aromatic heterocycles. The molecule has 2 aromatic rings. The molecule has 38 heavy (non-hydrogen) atoms. The minimum Gasteiger partial charge on any atom is -0.506 e. The highest BCUT2D eigenvalue weighted by atomic mass is 35.5. The number of nitrogens with one attached hydrogen (secondary N) is 2. The SMILES string of the molecule is C=CC(=O)N1CCC/C2=C(\N(C)c3ccc(C4CCC4)cc3O)CCNc3cc(Cl)ncc3C(=O)NC2C1. The Balaban J connectivity index is 1.55. The fourth-order valence-corrected chi connectivity index (χ4v) is 5.84. The summed E-state index contributed by atoms with van der Waals surface area (Å²) in [4.78, 5) is 33.9. The maximum Gasteiger partial charge on any atom is 0.255 e. The third kappa shape index (κ3) is 5.23. The molecule has 3 heterocycles. The molecule has 1 saturated carbocycles. The van der Waals surface area contributed by atoms with Crippen LogP contribution in [-0.2, 0) is 4.79 Å². The van der Waals surface area contributed by atoms with Gasteiger partial charge in [0.1, 0.15) is 10.9 Å². The van der Waals surface area contributed by atoms with Crippen LogP contribution in [0.15, 0.2) is 54.4 Å². The van der Waals surface area contributed by atoms with Crippen LogP contribution in [0, 0.1) is 0 Å². The van der Waals surface area contributed by atoms with Gasteiger partial charge in [0.05, 0.1) is 23.0 Å². The van der Waals surface area contributed by atoms with Crippen molar-refractivity contribution in [3.05, 3.63) is 70.7 Å². The second-order valence-corrected chi connectivity index (χ2v) is 10.6. The normalized spacial score (nSPS) is 22.1. The first-order chi connectivity index (χ1) is 18.4. The molecular formula is C29H34ClN5O3. The zero-order valence-electron chi connectivity index (χ0n) is 21.7. The Labute approximate surface area is 228 Å². The third-order valence-corrected chi connectivity index (χ3v) is 8.20. The van der Waals surface area contributed by atoms with Crippen molar-refractivity contribution in [1.82, 2.24) is 15.2 Å². The Bertz CT molecular complexity index is 1290. The topological polar surface area (TPSA) is 97.8 Å². The molecule has 5 rings (SSSR count).